The Morgan fingerprint density at radius 3 is 2.35 bits per heavy atom. The standard InChI is InChI=1S/C16H26N2O4S/c1-13(2)22-14-5-7-15(8-6-14)23(20,21)12-9-16(19)17-10-11-18(3)4/h5-8,13H,9-12H2,1-4H3,(H,17,19). The van der Waals surface area contributed by atoms with Gasteiger partial charge in [0.2, 0.25) is 5.91 Å². The minimum absolute atomic E-state index is 0.0309. The minimum atomic E-state index is -3.47. The van der Waals surface area contributed by atoms with Crippen molar-refractivity contribution in [3.63, 3.8) is 0 Å². The third-order valence-electron chi connectivity index (χ3n) is 3.03. The third-order valence-corrected chi connectivity index (χ3v) is 4.77. The molecule has 0 aliphatic carbocycles. The van der Waals surface area contributed by atoms with Crippen molar-refractivity contribution in [2.24, 2.45) is 0 Å². The molecule has 0 fully saturated rings. The molecule has 0 spiro atoms. The monoisotopic (exact) mass is 342 g/mol. The number of likely N-dealkylation sites (N-methyl/N-ethyl adjacent to an activating group) is 1. The zero-order valence-corrected chi connectivity index (χ0v) is 15.0. The Morgan fingerprint density at radius 1 is 1.22 bits per heavy atom. The van der Waals surface area contributed by atoms with E-state index >= 15 is 0 Å². The zero-order valence-electron chi connectivity index (χ0n) is 14.2. The van der Waals surface area contributed by atoms with Gasteiger partial charge in [0.1, 0.15) is 5.75 Å². The molecule has 7 heteroatoms. The van der Waals surface area contributed by atoms with Gasteiger partial charge in [-0.15, -0.1) is 0 Å². The first-order valence-electron chi connectivity index (χ1n) is 7.61. The lowest BCUT2D eigenvalue weighted by molar-refractivity contribution is -0.120. The summed E-state index contributed by atoms with van der Waals surface area (Å²) in [6.07, 6.45) is -0.0108. The van der Waals surface area contributed by atoms with Crippen molar-refractivity contribution < 1.29 is 17.9 Å². The van der Waals surface area contributed by atoms with Crippen molar-refractivity contribution in [2.45, 2.75) is 31.3 Å². The number of hydrogen-bond acceptors (Lipinski definition) is 5. The van der Waals surface area contributed by atoms with Crippen LogP contribution >= 0.6 is 0 Å². The number of hydrogen-bond donors (Lipinski definition) is 1. The van der Waals surface area contributed by atoms with Crippen LogP contribution in [0.3, 0.4) is 0 Å². The molecule has 0 aliphatic heterocycles. The van der Waals surface area contributed by atoms with E-state index in [1.807, 2.05) is 32.8 Å². The van der Waals surface area contributed by atoms with Gasteiger partial charge in [0.05, 0.1) is 16.8 Å². The average Bonchev–Trinajstić information content (AvgIpc) is 2.45. The van der Waals surface area contributed by atoms with Crippen LogP contribution in [0, 0.1) is 0 Å². The quantitative estimate of drug-likeness (QED) is 0.732. The van der Waals surface area contributed by atoms with Gasteiger partial charge in [-0.25, -0.2) is 8.42 Å². The predicted octanol–water partition coefficient (Wildman–Crippen LogP) is 1.32. The zero-order chi connectivity index (χ0) is 17.5. The first kappa shape index (κ1) is 19.4. The highest BCUT2D eigenvalue weighted by molar-refractivity contribution is 7.91. The van der Waals surface area contributed by atoms with Gasteiger partial charge in [0.25, 0.3) is 0 Å². The van der Waals surface area contributed by atoms with Gasteiger partial charge in [0, 0.05) is 19.5 Å². The molecule has 1 aromatic rings. The van der Waals surface area contributed by atoms with E-state index in [2.05, 4.69) is 5.32 Å². The Labute approximate surface area is 138 Å². The molecule has 0 atom stereocenters. The fourth-order valence-corrected chi connectivity index (χ4v) is 3.09. The summed E-state index contributed by atoms with van der Waals surface area (Å²) in [6.45, 7) is 5.03. The molecule has 1 amide bonds. The fraction of sp³-hybridized carbons (Fsp3) is 0.562. The number of benzene rings is 1. The van der Waals surface area contributed by atoms with E-state index in [9.17, 15) is 13.2 Å². The molecule has 0 heterocycles. The second kappa shape index (κ2) is 8.88. The summed E-state index contributed by atoms with van der Waals surface area (Å²) < 4.78 is 29.9. The molecule has 0 aliphatic rings. The maximum atomic E-state index is 12.2. The Hall–Kier alpha value is -1.60. The Balaban J connectivity index is 2.53. The molecule has 0 saturated carbocycles. The summed E-state index contributed by atoms with van der Waals surface area (Å²) in [5, 5.41) is 2.70. The molecule has 0 radical (unpaired) electrons. The van der Waals surface area contributed by atoms with Crippen LogP contribution in [0.25, 0.3) is 0 Å². The van der Waals surface area contributed by atoms with E-state index in [1.54, 1.807) is 12.1 Å². The first-order valence-corrected chi connectivity index (χ1v) is 9.27. The molecule has 130 valence electrons. The Kier molecular flexibility index (Phi) is 7.51. The molecular formula is C16H26N2O4S. The van der Waals surface area contributed by atoms with Gasteiger partial charge in [-0.2, -0.15) is 0 Å². The van der Waals surface area contributed by atoms with Crippen LogP contribution in [0.5, 0.6) is 5.75 Å². The van der Waals surface area contributed by atoms with Crippen LogP contribution in [0.2, 0.25) is 0 Å². The van der Waals surface area contributed by atoms with Crippen molar-refractivity contribution in [1.29, 1.82) is 0 Å². The van der Waals surface area contributed by atoms with E-state index < -0.39 is 9.84 Å². The van der Waals surface area contributed by atoms with Gasteiger partial charge in [0.15, 0.2) is 9.84 Å². The molecule has 6 nitrogen and oxygen atoms in total. The molecule has 0 aromatic heterocycles. The summed E-state index contributed by atoms with van der Waals surface area (Å²) in [6, 6.07) is 6.28. The van der Waals surface area contributed by atoms with Crippen LogP contribution in [0.1, 0.15) is 20.3 Å². The summed E-state index contributed by atoms with van der Waals surface area (Å²) >= 11 is 0. The Bertz CT molecular complexity index is 595. The van der Waals surface area contributed by atoms with Gasteiger partial charge >= 0.3 is 0 Å². The van der Waals surface area contributed by atoms with E-state index in [-0.39, 0.29) is 29.1 Å². The second-order valence-corrected chi connectivity index (χ2v) is 7.97. The van der Waals surface area contributed by atoms with Crippen molar-refractivity contribution >= 4 is 15.7 Å². The van der Waals surface area contributed by atoms with E-state index in [4.69, 9.17) is 4.74 Å². The summed E-state index contributed by atoms with van der Waals surface area (Å²) in [5.41, 5.74) is 0. The summed E-state index contributed by atoms with van der Waals surface area (Å²) in [7, 11) is 0.343. The van der Waals surface area contributed by atoms with E-state index in [0.29, 0.717) is 12.3 Å². The number of nitrogens with zero attached hydrogens (tertiary/aromatic N) is 1. The molecule has 1 rings (SSSR count). The summed E-state index contributed by atoms with van der Waals surface area (Å²) in [4.78, 5) is 13.8. The lowest BCUT2D eigenvalue weighted by Crippen LogP contribution is -2.32. The van der Waals surface area contributed by atoms with Gasteiger partial charge in [-0.3, -0.25) is 4.79 Å². The van der Waals surface area contributed by atoms with Gasteiger partial charge in [-0.1, -0.05) is 0 Å². The molecular weight excluding hydrogens is 316 g/mol. The number of carbonyl (C=O) groups is 1. The van der Waals surface area contributed by atoms with Crippen LogP contribution < -0.4 is 10.1 Å². The maximum absolute atomic E-state index is 12.2. The SMILES string of the molecule is CC(C)Oc1ccc(S(=O)(=O)CCC(=O)NCCN(C)C)cc1. The van der Waals surface area contributed by atoms with E-state index in [1.165, 1.54) is 12.1 Å². The number of nitrogens with one attached hydrogen (secondary N) is 1. The van der Waals surface area contributed by atoms with E-state index in [0.717, 1.165) is 6.54 Å². The third kappa shape index (κ3) is 7.47. The fourth-order valence-electron chi connectivity index (χ4n) is 1.85. The van der Waals surface area contributed by atoms with Gasteiger partial charge in [-0.05, 0) is 52.2 Å². The molecule has 0 saturated heterocycles. The average molecular weight is 342 g/mol. The highest BCUT2D eigenvalue weighted by Crippen LogP contribution is 2.18. The first-order chi connectivity index (χ1) is 10.7. The van der Waals surface area contributed by atoms with Crippen LogP contribution in [-0.2, 0) is 14.6 Å². The largest absolute Gasteiger partial charge is 0.491 e. The smallest absolute Gasteiger partial charge is 0.221 e. The minimum Gasteiger partial charge on any atom is -0.491 e. The molecule has 23 heavy (non-hydrogen) atoms. The van der Waals surface area contributed by atoms with Crippen molar-refractivity contribution in [3.05, 3.63) is 24.3 Å². The number of carbonyl (C=O) groups excluding carboxylic acids is 1. The van der Waals surface area contributed by atoms with Crippen LogP contribution in [0.4, 0.5) is 0 Å². The lowest BCUT2D eigenvalue weighted by atomic mass is 10.3. The summed E-state index contributed by atoms with van der Waals surface area (Å²) in [5.74, 6) is 0.168. The molecule has 1 N–H and O–H groups in total. The number of sulfone groups is 1. The maximum Gasteiger partial charge on any atom is 0.221 e. The second-order valence-electron chi connectivity index (χ2n) is 5.86. The highest BCUT2D eigenvalue weighted by Gasteiger charge is 2.16. The highest BCUT2D eigenvalue weighted by atomic mass is 32.2. The van der Waals surface area contributed by atoms with Crippen molar-refractivity contribution in [1.82, 2.24) is 10.2 Å². The number of amides is 1. The van der Waals surface area contributed by atoms with Crippen molar-refractivity contribution in [2.75, 3.05) is 32.9 Å². The normalized spacial score (nSPS) is 11.7. The number of rotatable bonds is 9. The lowest BCUT2D eigenvalue weighted by Gasteiger charge is -2.11. The molecule has 0 bridgehead atoms. The molecule has 0 unspecified atom stereocenters. The number of ether oxygens (including phenoxy) is 1. The van der Waals surface area contributed by atoms with Crippen LogP contribution in [0.15, 0.2) is 29.2 Å². The Morgan fingerprint density at radius 2 is 1.83 bits per heavy atom. The van der Waals surface area contributed by atoms with Gasteiger partial charge < -0.3 is 15.0 Å². The van der Waals surface area contributed by atoms with Crippen LogP contribution in [-0.4, -0.2) is 58.3 Å². The molecule has 1 aromatic carbocycles. The predicted molar refractivity (Wildman–Crippen MR) is 90.4 cm³/mol. The topological polar surface area (TPSA) is 75.7 Å². The van der Waals surface area contributed by atoms with Crippen molar-refractivity contribution in [3.8, 4) is 5.75 Å².